The number of nitrogens with one attached hydrogen (secondary N) is 1. The Balaban J connectivity index is 1.45. The molecule has 2 fully saturated rings. The van der Waals surface area contributed by atoms with Crippen LogP contribution in [0.15, 0.2) is 36.5 Å². The molecule has 0 aliphatic carbocycles. The Kier molecular flexibility index (Phi) is 5.62. The smallest absolute Gasteiger partial charge is 0.296 e. The Morgan fingerprint density at radius 1 is 1.24 bits per heavy atom. The molecule has 1 aromatic carbocycles. The Hall–Kier alpha value is -2.91. The first-order valence-electron chi connectivity index (χ1n) is 11.1. The fourth-order valence-corrected chi connectivity index (χ4v) is 4.74. The molecule has 4 heterocycles. The molecular weight excluding hydrogens is 428 g/mol. The number of benzene rings is 1. The SMILES string of the molecule is COCC(F)(F)c1cccc([C@@H](C)Nc2nnc(C)c3ncc(N4C5COCC4C5)cc23)c1. The second kappa shape index (κ2) is 8.46. The number of alkyl halides is 2. The zero-order valence-electron chi connectivity index (χ0n) is 18.9. The number of nitrogens with zero attached hydrogens (tertiary/aromatic N) is 4. The maximum Gasteiger partial charge on any atom is 0.296 e. The van der Waals surface area contributed by atoms with E-state index in [1.165, 1.54) is 19.2 Å². The van der Waals surface area contributed by atoms with Crippen LogP contribution in [0.5, 0.6) is 0 Å². The van der Waals surface area contributed by atoms with E-state index in [0.717, 1.165) is 47.5 Å². The van der Waals surface area contributed by atoms with E-state index >= 15 is 0 Å². The highest BCUT2D eigenvalue weighted by Gasteiger charge is 2.42. The number of methoxy groups -OCH3 is 1. The Morgan fingerprint density at radius 3 is 2.76 bits per heavy atom. The van der Waals surface area contributed by atoms with E-state index < -0.39 is 12.5 Å². The van der Waals surface area contributed by atoms with Crippen molar-refractivity contribution in [1.82, 2.24) is 15.2 Å². The molecule has 0 spiro atoms. The number of ether oxygens (including phenoxy) is 2. The molecule has 9 heteroatoms. The van der Waals surface area contributed by atoms with E-state index in [1.807, 2.05) is 26.1 Å². The summed E-state index contributed by atoms with van der Waals surface area (Å²) < 4.78 is 39.0. The molecule has 0 saturated carbocycles. The number of halogens is 2. The van der Waals surface area contributed by atoms with Gasteiger partial charge in [0.15, 0.2) is 5.82 Å². The van der Waals surface area contributed by atoms with Crippen molar-refractivity contribution < 1.29 is 18.3 Å². The van der Waals surface area contributed by atoms with Gasteiger partial charge < -0.3 is 19.7 Å². The topological polar surface area (TPSA) is 72.4 Å². The molecule has 2 saturated heterocycles. The fourth-order valence-electron chi connectivity index (χ4n) is 4.74. The van der Waals surface area contributed by atoms with Crippen molar-refractivity contribution in [1.29, 1.82) is 0 Å². The first-order chi connectivity index (χ1) is 15.9. The highest BCUT2D eigenvalue weighted by molar-refractivity contribution is 5.92. The summed E-state index contributed by atoms with van der Waals surface area (Å²) in [5, 5.41) is 12.9. The number of aryl methyl sites for hydroxylation is 1. The van der Waals surface area contributed by atoms with Crippen molar-refractivity contribution in [3.63, 3.8) is 0 Å². The van der Waals surface area contributed by atoms with Gasteiger partial charge in [-0.2, -0.15) is 13.9 Å². The molecule has 2 aromatic heterocycles. The van der Waals surface area contributed by atoms with Gasteiger partial charge in [-0.3, -0.25) is 4.98 Å². The van der Waals surface area contributed by atoms with E-state index in [0.29, 0.717) is 17.9 Å². The number of anilines is 2. The predicted molar refractivity (Wildman–Crippen MR) is 122 cm³/mol. The maximum atomic E-state index is 14.3. The lowest BCUT2D eigenvalue weighted by Crippen LogP contribution is -2.64. The molecule has 5 rings (SSSR count). The van der Waals surface area contributed by atoms with E-state index in [1.54, 1.807) is 6.07 Å². The third-order valence-corrected chi connectivity index (χ3v) is 6.51. The highest BCUT2D eigenvalue weighted by Crippen LogP contribution is 2.38. The van der Waals surface area contributed by atoms with Gasteiger partial charge in [-0.15, -0.1) is 5.10 Å². The fraction of sp³-hybridized carbons (Fsp3) is 0.458. The van der Waals surface area contributed by atoms with Crippen LogP contribution in [0.25, 0.3) is 10.9 Å². The molecule has 2 aliphatic heterocycles. The zero-order chi connectivity index (χ0) is 23.2. The third-order valence-electron chi connectivity index (χ3n) is 6.51. The monoisotopic (exact) mass is 455 g/mol. The normalized spacial score (nSPS) is 21.1. The van der Waals surface area contributed by atoms with Crippen LogP contribution in [0.1, 0.15) is 36.2 Å². The van der Waals surface area contributed by atoms with Gasteiger partial charge in [0.1, 0.15) is 6.61 Å². The van der Waals surface area contributed by atoms with Crippen LogP contribution in [-0.2, 0) is 15.4 Å². The quantitative estimate of drug-likeness (QED) is 0.572. The van der Waals surface area contributed by atoms with Gasteiger partial charge in [-0.05, 0) is 38.0 Å². The van der Waals surface area contributed by atoms with Crippen LogP contribution < -0.4 is 10.2 Å². The van der Waals surface area contributed by atoms with Crippen molar-refractivity contribution in [2.75, 3.05) is 37.1 Å². The lowest BCUT2D eigenvalue weighted by atomic mass is 9.90. The number of hydrogen-bond acceptors (Lipinski definition) is 7. The number of pyridine rings is 1. The molecule has 3 atom stereocenters. The molecule has 33 heavy (non-hydrogen) atoms. The van der Waals surface area contributed by atoms with E-state index in [9.17, 15) is 8.78 Å². The van der Waals surface area contributed by atoms with Crippen LogP contribution in [0.4, 0.5) is 20.3 Å². The highest BCUT2D eigenvalue weighted by atomic mass is 19.3. The molecule has 0 radical (unpaired) electrons. The molecule has 174 valence electrons. The average molecular weight is 456 g/mol. The Bertz CT molecular complexity index is 1160. The Morgan fingerprint density at radius 2 is 2.03 bits per heavy atom. The largest absolute Gasteiger partial charge is 0.378 e. The molecule has 2 aliphatic rings. The summed E-state index contributed by atoms with van der Waals surface area (Å²) in [6, 6.07) is 8.95. The minimum absolute atomic E-state index is 0.0779. The summed E-state index contributed by atoms with van der Waals surface area (Å²) in [5.41, 5.74) is 3.19. The van der Waals surface area contributed by atoms with Crippen molar-refractivity contribution >= 4 is 22.4 Å². The third kappa shape index (κ3) is 4.00. The molecule has 7 nitrogen and oxygen atoms in total. The van der Waals surface area contributed by atoms with E-state index in [2.05, 4.69) is 36.2 Å². The standard InChI is InChI=1S/C24H27F2N5O2/c1-14(16-5-4-6-17(7-16)24(25,26)13-32-3)28-23-21-9-18(10-27-22(21)15(2)29-30-23)31-19-8-20(31)12-33-11-19/h4-7,9-10,14,19-20H,8,11-13H2,1-3H3,(H,28,30)/t14-,19?,20?/m1/s1. The van der Waals surface area contributed by atoms with Crippen LogP contribution in [0.2, 0.25) is 0 Å². The lowest BCUT2D eigenvalue weighted by molar-refractivity contribution is -0.0698. The molecule has 1 N–H and O–H groups in total. The van der Waals surface area contributed by atoms with E-state index in [-0.39, 0.29) is 11.6 Å². The van der Waals surface area contributed by atoms with Gasteiger partial charge in [0.05, 0.1) is 54.4 Å². The number of fused-ring (bicyclic) bond motifs is 3. The first kappa shape index (κ1) is 21.9. The number of hydrogen-bond donors (Lipinski definition) is 1. The first-order valence-corrected chi connectivity index (χ1v) is 11.1. The predicted octanol–water partition coefficient (Wildman–Crippen LogP) is 4.22. The van der Waals surface area contributed by atoms with Gasteiger partial charge in [0, 0.05) is 18.1 Å². The zero-order valence-corrected chi connectivity index (χ0v) is 18.9. The average Bonchev–Trinajstić information content (AvgIpc) is 2.81. The van der Waals surface area contributed by atoms with Crippen LogP contribution in [0.3, 0.4) is 0 Å². The van der Waals surface area contributed by atoms with Crippen molar-refractivity contribution in [3.05, 3.63) is 53.3 Å². The Labute approximate surface area is 191 Å². The van der Waals surface area contributed by atoms with Crippen molar-refractivity contribution in [3.8, 4) is 0 Å². The summed E-state index contributed by atoms with van der Waals surface area (Å²) in [4.78, 5) is 7.04. The molecule has 3 aromatic rings. The number of rotatable bonds is 7. The van der Waals surface area contributed by atoms with E-state index in [4.69, 9.17) is 4.74 Å². The maximum absolute atomic E-state index is 14.3. The summed E-state index contributed by atoms with van der Waals surface area (Å²) in [6.45, 7) is 4.59. The van der Waals surface area contributed by atoms with Crippen molar-refractivity contribution in [2.45, 2.75) is 44.3 Å². The number of morpholine rings is 1. The minimum atomic E-state index is -3.06. The summed E-state index contributed by atoms with van der Waals surface area (Å²) in [5.74, 6) is -2.48. The molecule has 2 bridgehead atoms. The van der Waals surface area contributed by atoms with Crippen LogP contribution in [-0.4, -0.2) is 54.2 Å². The second-order valence-corrected chi connectivity index (χ2v) is 8.84. The minimum Gasteiger partial charge on any atom is -0.378 e. The van der Waals surface area contributed by atoms with Crippen molar-refractivity contribution in [2.24, 2.45) is 0 Å². The summed E-state index contributed by atoms with van der Waals surface area (Å²) >= 11 is 0. The molecule has 0 amide bonds. The van der Waals surface area contributed by atoms with Crippen LogP contribution in [0, 0.1) is 6.92 Å². The lowest BCUT2D eigenvalue weighted by Gasteiger charge is -2.53. The second-order valence-electron chi connectivity index (χ2n) is 8.84. The van der Waals surface area contributed by atoms with Gasteiger partial charge in [0.2, 0.25) is 0 Å². The van der Waals surface area contributed by atoms with Gasteiger partial charge in [-0.25, -0.2) is 0 Å². The van der Waals surface area contributed by atoms with Gasteiger partial charge >= 0.3 is 0 Å². The molecular formula is C24H27F2N5O2. The summed E-state index contributed by atoms with van der Waals surface area (Å²) in [7, 11) is 1.27. The molecule has 2 unspecified atom stereocenters. The number of aromatic nitrogens is 3. The summed E-state index contributed by atoms with van der Waals surface area (Å²) in [6.07, 6.45) is 3.02. The van der Waals surface area contributed by atoms with Gasteiger partial charge in [-0.1, -0.05) is 18.2 Å². The van der Waals surface area contributed by atoms with Gasteiger partial charge in [0.25, 0.3) is 5.92 Å². The van der Waals surface area contributed by atoms with Crippen LogP contribution >= 0.6 is 0 Å².